The maximum absolute atomic E-state index is 11.3. The van der Waals surface area contributed by atoms with Crippen LogP contribution in [0.4, 0.5) is 0 Å². The van der Waals surface area contributed by atoms with Crippen molar-refractivity contribution in [3.05, 3.63) is 28.6 Å². The highest BCUT2D eigenvalue weighted by atomic mass is 16.4. The van der Waals surface area contributed by atoms with Crippen molar-refractivity contribution in [2.24, 2.45) is 0 Å². The van der Waals surface area contributed by atoms with E-state index in [2.05, 4.69) is 16.9 Å². The summed E-state index contributed by atoms with van der Waals surface area (Å²) in [6.45, 7) is 1.82. The number of carboxylic acids is 1. The van der Waals surface area contributed by atoms with Gasteiger partial charge in [0.15, 0.2) is 0 Å². The van der Waals surface area contributed by atoms with E-state index >= 15 is 0 Å². The molecular weight excluding hydrogens is 216 g/mol. The van der Waals surface area contributed by atoms with Crippen LogP contribution in [0.3, 0.4) is 0 Å². The molecule has 4 heteroatoms. The molecule has 1 saturated carbocycles. The molecule has 0 amide bonds. The Balaban J connectivity index is 2.07. The molecule has 0 saturated heterocycles. The summed E-state index contributed by atoms with van der Waals surface area (Å²) in [7, 11) is 2.05. The van der Waals surface area contributed by atoms with Crippen molar-refractivity contribution in [1.82, 2.24) is 9.88 Å². The zero-order valence-corrected chi connectivity index (χ0v) is 9.94. The van der Waals surface area contributed by atoms with Gasteiger partial charge in [0.1, 0.15) is 0 Å². The lowest BCUT2D eigenvalue weighted by atomic mass is 10.0. The van der Waals surface area contributed by atoms with Crippen molar-refractivity contribution >= 4 is 5.97 Å². The van der Waals surface area contributed by atoms with Crippen molar-refractivity contribution in [2.75, 3.05) is 13.6 Å². The van der Waals surface area contributed by atoms with Gasteiger partial charge in [-0.05, 0) is 31.5 Å². The molecule has 2 heterocycles. The Morgan fingerprint density at radius 1 is 1.53 bits per heavy atom. The van der Waals surface area contributed by atoms with Gasteiger partial charge in [-0.2, -0.15) is 0 Å². The van der Waals surface area contributed by atoms with Crippen LogP contribution in [0.5, 0.6) is 0 Å². The second kappa shape index (κ2) is 3.81. The lowest BCUT2D eigenvalue weighted by Gasteiger charge is -2.25. The molecule has 0 atom stereocenters. The molecule has 0 bridgehead atoms. The van der Waals surface area contributed by atoms with Crippen LogP contribution < -0.4 is 0 Å². The second-order valence-corrected chi connectivity index (χ2v) is 5.09. The van der Waals surface area contributed by atoms with Crippen molar-refractivity contribution in [3.63, 3.8) is 0 Å². The van der Waals surface area contributed by atoms with E-state index < -0.39 is 5.97 Å². The molecule has 4 nitrogen and oxygen atoms in total. The fraction of sp³-hybridized carbons (Fsp3) is 0.538. The minimum absolute atomic E-state index is 0.394. The number of aromatic nitrogens is 1. The molecule has 90 valence electrons. The van der Waals surface area contributed by atoms with E-state index in [4.69, 9.17) is 0 Å². The van der Waals surface area contributed by atoms with Gasteiger partial charge >= 0.3 is 5.97 Å². The number of carbonyl (C=O) groups is 1. The molecule has 0 aromatic carbocycles. The maximum atomic E-state index is 11.3. The Bertz CT molecular complexity index is 481. The van der Waals surface area contributed by atoms with Crippen molar-refractivity contribution in [1.29, 1.82) is 0 Å². The van der Waals surface area contributed by atoms with Gasteiger partial charge in [0, 0.05) is 31.1 Å². The van der Waals surface area contributed by atoms with Crippen LogP contribution in [0.1, 0.15) is 46.1 Å². The molecule has 0 spiro atoms. The Kier molecular flexibility index (Phi) is 2.40. The van der Waals surface area contributed by atoms with Gasteiger partial charge in [-0.25, -0.2) is 4.79 Å². The van der Waals surface area contributed by atoms with E-state index in [1.807, 2.05) is 6.07 Å². The number of nitrogens with zero attached hydrogens (tertiary/aromatic N) is 2. The quantitative estimate of drug-likeness (QED) is 0.842. The SMILES string of the molecule is CN1CCc2nc(C3CC3)c(C(=O)O)cc2C1. The number of rotatable bonds is 2. The highest BCUT2D eigenvalue weighted by Crippen LogP contribution is 2.41. The van der Waals surface area contributed by atoms with E-state index in [-0.39, 0.29) is 0 Å². The van der Waals surface area contributed by atoms with E-state index in [1.165, 1.54) is 0 Å². The largest absolute Gasteiger partial charge is 0.478 e. The van der Waals surface area contributed by atoms with Crippen LogP contribution in [-0.4, -0.2) is 34.6 Å². The monoisotopic (exact) mass is 232 g/mol. The van der Waals surface area contributed by atoms with Gasteiger partial charge in [0.25, 0.3) is 0 Å². The summed E-state index contributed by atoms with van der Waals surface area (Å²) in [6, 6.07) is 1.84. The van der Waals surface area contributed by atoms with Gasteiger partial charge in [-0.3, -0.25) is 4.98 Å². The number of pyridine rings is 1. The third-order valence-electron chi connectivity index (χ3n) is 3.59. The van der Waals surface area contributed by atoms with Crippen molar-refractivity contribution in [3.8, 4) is 0 Å². The van der Waals surface area contributed by atoms with Crippen LogP contribution in [0.15, 0.2) is 6.07 Å². The first-order valence-electron chi connectivity index (χ1n) is 6.09. The topological polar surface area (TPSA) is 53.4 Å². The molecule has 1 aliphatic heterocycles. The lowest BCUT2D eigenvalue weighted by Crippen LogP contribution is -2.28. The molecule has 17 heavy (non-hydrogen) atoms. The zero-order valence-electron chi connectivity index (χ0n) is 9.94. The van der Waals surface area contributed by atoms with E-state index in [1.54, 1.807) is 0 Å². The Morgan fingerprint density at radius 3 is 2.94 bits per heavy atom. The molecule has 0 unspecified atom stereocenters. The number of likely N-dealkylation sites (N-methyl/N-ethyl adjacent to an activating group) is 1. The first-order chi connectivity index (χ1) is 8.15. The van der Waals surface area contributed by atoms with Crippen molar-refractivity contribution in [2.45, 2.75) is 31.7 Å². The van der Waals surface area contributed by atoms with Gasteiger partial charge < -0.3 is 10.0 Å². The Hall–Kier alpha value is -1.42. The smallest absolute Gasteiger partial charge is 0.337 e. The minimum atomic E-state index is -0.838. The van der Waals surface area contributed by atoms with Gasteiger partial charge in [-0.15, -0.1) is 0 Å². The summed E-state index contributed by atoms with van der Waals surface area (Å²) in [4.78, 5) is 18.1. The van der Waals surface area contributed by atoms with Crippen LogP contribution in [0.25, 0.3) is 0 Å². The number of fused-ring (bicyclic) bond motifs is 1. The molecule has 1 aliphatic carbocycles. The van der Waals surface area contributed by atoms with Crippen LogP contribution >= 0.6 is 0 Å². The van der Waals surface area contributed by atoms with Gasteiger partial charge in [0.05, 0.1) is 11.3 Å². The molecule has 3 rings (SSSR count). The highest BCUT2D eigenvalue weighted by Gasteiger charge is 2.31. The average molecular weight is 232 g/mol. The number of carboxylic acid groups (broad SMARTS) is 1. The predicted molar refractivity (Wildman–Crippen MR) is 63.2 cm³/mol. The van der Waals surface area contributed by atoms with E-state index in [9.17, 15) is 9.90 Å². The summed E-state index contributed by atoms with van der Waals surface area (Å²) in [6.07, 6.45) is 3.11. The lowest BCUT2D eigenvalue weighted by molar-refractivity contribution is 0.0694. The Labute approximate surface area is 100 Å². The number of aromatic carboxylic acids is 1. The summed E-state index contributed by atoms with van der Waals surface area (Å²) in [5.74, 6) is -0.443. The molecule has 1 fully saturated rings. The fourth-order valence-electron chi connectivity index (χ4n) is 2.47. The highest BCUT2D eigenvalue weighted by molar-refractivity contribution is 5.89. The fourth-order valence-corrected chi connectivity index (χ4v) is 2.47. The molecule has 0 radical (unpaired) electrons. The zero-order chi connectivity index (χ0) is 12.0. The summed E-state index contributed by atoms with van der Waals surface area (Å²) in [5.41, 5.74) is 3.43. The molecular formula is C13H16N2O2. The van der Waals surface area contributed by atoms with E-state index in [0.29, 0.717) is 11.5 Å². The normalized spacial score (nSPS) is 20.1. The number of hydrogen-bond donors (Lipinski definition) is 1. The third-order valence-corrected chi connectivity index (χ3v) is 3.59. The average Bonchev–Trinajstić information content (AvgIpc) is 3.11. The predicted octanol–water partition coefficient (Wildman–Crippen LogP) is 1.65. The van der Waals surface area contributed by atoms with E-state index in [0.717, 1.165) is 49.3 Å². The first kappa shape index (κ1) is 10.7. The van der Waals surface area contributed by atoms with Crippen LogP contribution in [0, 0.1) is 0 Å². The molecule has 1 aromatic rings. The minimum Gasteiger partial charge on any atom is -0.478 e. The summed E-state index contributed by atoms with van der Waals surface area (Å²) >= 11 is 0. The van der Waals surface area contributed by atoms with Crippen LogP contribution in [0.2, 0.25) is 0 Å². The molecule has 1 aromatic heterocycles. The van der Waals surface area contributed by atoms with Gasteiger partial charge in [-0.1, -0.05) is 0 Å². The van der Waals surface area contributed by atoms with Gasteiger partial charge in [0.2, 0.25) is 0 Å². The van der Waals surface area contributed by atoms with Crippen LogP contribution in [-0.2, 0) is 13.0 Å². The maximum Gasteiger partial charge on any atom is 0.337 e. The number of hydrogen-bond acceptors (Lipinski definition) is 3. The molecule has 1 N–H and O–H groups in total. The van der Waals surface area contributed by atoms with Crippen molar-refractivity contribution < 1.29 is 9.90 Å². The first-order valence-corrected chi connectivity index (χ1v) is 6.09. The summed E-state index contributed by atoms with van der Waals surface area (Å²) < 4.78 is 0. The standard InChI is InChI=1S/C13H16N2O2/c1-15-5-4-11-9(7-15)6-10(13(16)17)12(14-11)8-2-3-8/h6,8H,2-5,7H2,1H3,(H,16,17). The second-order valence-electron chi connectivity index (χ2n) is 5.09. The Morgan fingerprint density at radius 2 is 2.29 bits per heavy atom. The third kappa shape index (κ3) is 1.93. The molecule has 2 aliphatic rings. The summed E-state index contributed by atoms with van der Waals surface area (Å²) in [5, 5.41) is 9.26.